The minimum absolute atomic E-state index is 0.0971. The number of hydrogen-bond acceptors (Lipinski definition) is 2. The van der Waals surface area contributed by atoms with Crippen LogP contribution in [0.25, 0.3) is 0 Å². The summed E-state index contributed by atoms with van der Waals surface area (Å²) >= 11 is 5.96. The SMILES string of the molecule is CCN(CC)CCCNC(=O)c1ccccc1Cl. The maximum Gasteiger partial charge on any atom is 0.252 e. The van der Waals surface area contributed by atoms with Crippen molar-refractivity contribution in [3.8, 4) is 0 Å². The predicted octanol–water partition coefficient (Wildman–Crippen LogP) is 2.80. The van der Waals surface area contributed by atoms with E-state index in [4.69, 9.17) is 11.6 Å². The molecule has 0 spiro atoms. The monoisotopic (exact) mass is 268 g/mol. The van der Waals surface area contributed by atoms with Crippen molar-refractivity contribution in [1.29, 1.82) is 0 Å². The molecule has 18 heavy (non-hydrogen) atoms. The molecule has 0 aliphatic carbocycles. The number of hydrogen-bond donors (Lipinski definition) is 1. The molecule has 1 rings (SSSR count). The van der Waals surface area contributed by atoms with Crippen LogP contribution in [0.5, 0.6) is 0 Å². The van der Waals surface area contributed by atoms with Gasteiger partial charge in [-0.15, -0.1) is 0 Å². The van der Waals surface area contributed by atoms with Gasteiger partial charge in [-0.1, -0.05) is 37.6 Å². The largest absolute Gasteiger partial charge is 0.352 e. The molecule has 0 aliphatic rings. The topological polar surface area (TPSA) is 32.3 Å². The zero-order chi connectivity index (χ0) is 13.4. The zero-order valence-corrected chi connectivity index (χ0v) is 11.8. The molecule has 0 radical (unpaired) electrons. The molecule has 1 aromatic rings. The quantitative estimate of drug-likeness (QED) is 0.772. The first-order chi connectivity index (χ1) is 8.69. The molecule has 0 aliphatic heterocycles. The van der Waals surface area contributed by atoms with Crippen LogP contribution in [0.1, 0.15) is 30.6 Å². The van der Waals surface area contributed by atoms with Crippen molar-refractivity contribution >= 4 is 17.5 Å². The Hall–Kier alpha value is -1.06. The fraction of sp³-hybridized carbons (Fsp3) is 0.500. The normalized spacial score (nSPS) is 10.7. The van der Waals surface area contributed by atoms with Crippen molar-refractivity contribution in [3.63, 3.8) is 0 Å². The Balaban J connectivity index is 2.32. The number of amides is 1. The molecule has 1 N–H and O–H groups in total. The van der Waals surface area contributed by atoms with Gasteiger partial charge in [-0.3, -0.25) is 4.79 Å². The molecule has 1 aromatic carbocycles. The van der Waals surface area contributed by atoms with Crippen LogP contribution in [-0.2, 0) is 0 Å². The number of nitrogens with one attached hydrogen (secondary N) is 1. The van der Waals surface area contributed by atoms with Gasteiger partial charge in [0.1, 0.15) is 0 Å². The molecule has 3 nitrogen and oxygen atoms in total. The predicted molar refractivity (Wildman–Crippen MR) is 76.2 cm³/mol. The first-order valence-corrected chi connectivity index (χ1v) is 6.81. The van der Waals surface area contributed by atoms with Gasteiger partial charge in [0.05, 0.1) is 10.6 Å². The molecule has 0 fully saturated rings. The minimum Gasteiger partial charge on any atom is -0.352 e. The van der Waals surface area contributed by atoms with Crippen molar-refractivity contribution in [2.75, 3.05) is 26.2 Å². The van der Waals surface area contributed by atoms with E-state index in [0.717, 1.165) is 26.1 Å². The maximum absolute atomic E-state index is 11.8. The molecule has 0 saturated carbocycles. The van der Waals surface area contributed by atoms with Crippen molar-refractivity contribution in [2.24, 2.45) is 0 Å². The van der Waals surface area contributed by atoms with Crippen LogP contribution in [0, 0.1) is 0 Å². The van der Waals surface area contributed by atoms with Gasteiger partial charge in [0.25, 0.3) is 5.91 Å². The third kappa shape index (κ3) is 4.67. The van der Waals surface area contributed by atoms with Gasteiger partial charge < -0.3 is 10.2 Å². The van der Waals surface area contributed by atoms with Crippen LogP contribution in [0.4, 0.5) is 0 Å². The Morgan fingerprint density at radius 1 is 1.28 bits per heavy atom. The van der Waals surface area contributed by atoms with Gasteiger partial charge in [0.15, 0.2) is 0 Å². The van der Waals surface area contributed by atoms with Crippen molar-refractivity contribution in [3.05, 3.63) is 34.9 Å². The second-order valence-corrected chi connectivity index (χ2v) is 4.52. The summed E-state index contributed by atoms with van der Waals surface area (Å²) in [7, 11) is 0. The Labute approximate surface area is 114 Å². The molecule has 1 amide bonds. The standard InChI is InChI=1S/C14H21ClN2O/c1-3-17(4-2)11-7-10-16-14(18)12-8-5-6-9-13(12)15/h5-6,8-9H,3-4,7,10-11H2,1-2H3,(H,16,18). The summed E-state index contributed by atoms with van der Waals surface area (Å²) in [6, 6.07) is 7.10. The van der Waals surface area contributed by atoms with Gasteiger partial charge in [0.2, 0.25) is 0 Å². The lowest BCUT2D eigenvalue weighted by atomic mass is 10.2. The highest BCUT2D eigenvalue weighted by molar-refractivity contribution is 6.33. The van der Waals surface area contributed by atoms with E-state index in [0.29, 0.717) is 17.1 Å². The molecule has 4 heteroatoms. The number of carbonyl (C=O) groups excluding carboxylic acids is 1. The molecular formula is C14H21ClN2O. The third-order valence-corrected chi connectivity index (χ3v) is 3.28. The van der Waals surface area contributed by atoms with Crippen LogP contribution in [0.2, 0.25) is 5.02 Å². The second-order valence-electron chi connectivity index (χ2n) is 4.12. The fourth-order valence-electron chi connectivity index (χ4n) is 1.78. The number of rotatable bonds is 7. The first kappa shape index (κ1) is 15.0. The number of benzene rings is 1. The minimum atomic E-state index is -0.0971. The van der Waals surface area contributed by atoms with E-state index in [1.54, 1.807) is 12.1 Å². The van der Waals surface area contributed by atoms with Gasteiger partial charge in [0, 0.05) is 6.54 Å². The fourth-order valence-corrected chi connectivity index (χ4v) is 2.01. The van der Waals surface area contributed by atoms with Crippen LogP contribution in [0.3, 0.4) is 0 Å². The molecule has 0 saturated heterocycles. The van der Waals surface area contributed by atoms with E-state index in [-0.39, 0.29) is 5.91 Å². The van der Waals surface area contributed by atoms with E-state index in [1.165, 1.54) is 0 Å². The summed E-state index contributed by atoms with van der Waals surface area (Å²) in [5, 5.41) is 3.39. The summed E-state index contributed by atoms with van der Waals surface area (Å²) < 4.78 is 0. The van der Waals surface area contributed by atoms with Crippen LogP contribution < -0.4 is 5.32 Å². The van der Waals surface area contributed by atoms with E-state index in [1.807, 2.05) is 12.1 Å². The lowest BCUT2D eigenvalue weighted by Crippen LogP contribution is -2.30. The zero-order valence-electron chi connectivity index (χ0n) is 11.1. The van der Waals surface area contributed by atoms with Crippen LogP contribution in [-0.4, -0.2) is 37.0 Å². The maximum atomic E-state index is 11.8. The van der Waals surface area contributed by atoms with E-state index in [2.05, 4.69) is 24.1 Å². The van der Waals surface area contributed by atoms with Crippen molar-refractivity contribution < 1.29 is 4.79 Å². The Morgan fingerprint density at radius 2 is 1.94 bits per heavy atom. The number of nitrogens with zero attached hydrogens (tertiary/aromatic N) is 1. The molecule has 0 unspecified atom stereocenters. The van der Waals surface area contributed by atoms with E-state index < -0.39 is 0 Å². The molecule has 0 aromatic heterocycles. The van der Waals surface area contributed by atoms with E-state index in [9.17, 15) is 4.79 Å². The molecule has 0 heterocycles. The molecular weight excluding hydrogens is 248 g/mol. The average Bonchev–Trinajstić information content (AvgIpc) is 2.39. The third-order valence-electron chi connectivity index (χ3n) is 2.95. The highest BCUT2D eigenvalue weighted by Crippen LogP contribution is 2.14. The highest BCUT2D eigenvalue weighted by Gasteiger charge is 2.08. The van der Waals surface area contributed by atoms with Crippen LogP contribution in [0.15, 0.2) is 24.3 Å². The molecule has 100 valence electrons. The lowest BCUT2D eigenvalue weighted by Gasteiger charge is -2.17. The smallest absolute Gasteiger partial charge is 0.252 e. The van der Waals surface area contributed by atoms with Gasteiger partial charge >= 0.3 is 0 Å². The van der Waals surface area contributed by atoms with Gasteiger partial charge in [-0.05, 0) is 38.2 Å². The van der Waals surface area contributed by atoms with E-state index >= 15 is 0 Å². The summed E-state index contributed by atoms with van der Waals surface area (Å²) in [6.07, 6.45) is 0.956. The average molecular weight is 269 g/mol. The molecule has 0 atom stereocenters. The van der Waals surface area contributed by atoms with Crippen molar-refractivity contribution in [2.45, 2.75) is 20.3 Å². The molecule has 0 bridgehead atoms. The van der Waals surface area contributed by atoms with Crippen LogP contribution >= 0.6 is 11.6 Å². The Kier molecular flexibility index (Phi) is 6.76. The Bertz CT molecular complexity index is 378. The van der Waals surface area contributed by atoms with Crippen molar-refractivity contribution in [1.82, 2.24) is 10.2 Å². The highest BCUT2D eigenvalue weighted by atomic mass is 35.5. The first-order valence-electron chi connectivity index (χ1n) is 6.44. The number of carbonyl (C=O) groups is 1. The summed E-state index contributed by atoms with van der Waals surface area (Å²) in [5.41, 5.74) is 0.544. The summed E-state index contributed by atoms with van der Waals surface area (Å²) in [4.78, 5) is 14.2. The number of halogens is 1. The summed E-state index contributed by atoms with van der Waals surface area (Å²) in [6.45, 7) is 8.08. The van der Waals surface area contributed by atoms with Gasteiger partial charge in [-0.25, -0.2) is 0 Å². The Morgan fingerprint density at radius 3 is 2.56 bits per heavy atom. The second kappa shape index (κ2) is 8.11. The lowest BCUT2D eigenvalue weighted by molar-refractivity contribution is 0.0952. The van der Waals surface area contributed by atoms with Gasteiger partial charge in [-0.2, -0.15) is 0 Å². The summed E-state index contributed by atoms with van der Waals surface area (Å²) in [5.74, 6) is -0.0971.